The second-order valence-electron chi connectivity index (χ2n) is 8.14. The van der Waals surface area contributed by atoms with Crippen LogP contribution < -0.4 is 0 Å². The predicted molar refractivity (Wildman–Crippen MR) is 118 cm³/mol. The van der Waals surface area contributed by atoms with Gasteiger partial charge in [-0.1, -0.05) is 11.6 Å². The summed E-state index contributed by atoms with van der Waals surface area (Å²) in [6, 6.07) is 12.9. The molecule has 154 valence electrons. The fourth-order valence-electron chi connectivity index (χ4n) is 4.61. The molecule has 2 heterocycles. The van der Waals surface area contributed by atoms with Gasteiger partial charge in [-0.15, -0.1) is 0 Å². The molecule has 1 aliphatic heterocycles. The van der Waals surface area contributed by atoms with Gasteiger partial charge in [-0.3, -0.25) is 9.59 Å². The Balaban J connectivity index is 1.28. The smallest absolute Gasteiger partial charge is 0.253 e. The van der Waals surface area contributed by atoms with Crippen LogP contribution in [0.15, 0.2) is 42.5 Å². The second kappa shape index (κ2) is 7.80. The first-order valence-corrected chi connectivity index (χ1v) is 11.0. The van der Waals surface area contributed by atoms with Gasteiger partial charge in [0, 0.05) is 58.9 Å². The summed E-state index contributed by atoms with van der Waals surface area (Å²) in [5.74, 6) is 0.0281. The fraction of sp³-hybridized carbons (Fsp3) is 0.333. The summed E-state index contributed by atoms with van der Waals surface area (Å²) in [5.41, 5.74) is 5.19. The van der Waals surface area contributed by atoms with Crippen molar-refractivity contribution in [2.24, 2.45) is 0 Å². The van der Waals surface area contributed by atoms with E-state index in [1.54, 1.807) is 29.2 Å². The molecule has 0 bridgehead atoms. The predicted octanol–water partition coefficient (Wildman–Crippen LogP) is 4.30. The summed E-state index contributed by atoms with van der Waals surface area (Å²) in [7, 11) is 0. The van der Waals surface area contributed by atoms with Gasteiger partial charge in [0.05, 0.1) is 0 Å². The lowest BCUT2D eigenvalue weighted by molar-refractivity contribution is 0.0535. The highest BCUT2D eigenvalue weighted by Crippen LogP contribution is 2.30. The monoisotopic (exact) mass is 421 g/mol. The number of carbonyl (C=O) groups is 2. The zero-order chi connectivity index (χ0) is 20.7. The molecule has 5 rings (SSSR count). The average Bonchev–Trinajstić information content (AvgIpc) is 3.17. The molecule has 0 unspecified atom stereocenters. The molecule has 0 saturated carbocycles. The molecular weight excluding hydrogens is 398 g/mol. The number of halogens is 1. The van der Waals surface area contributed by atoms with Crippen molar-refractivity contribution in [2.45, 2.75) is 25.7 Å². The van der Waals surface area contributed by atoms with Gasteiger partial charge in [-0.2, -0.15) is 0 Å². The van der Waals surface area contributed by atoms with Crippen molar-refractivity contribution in [3.8, 4) is 0 Å². The molecule has 1 fully saturated rings. The van der Waals surface area contributed by atoms with Crippen LogP contribution in [0.1, 0.15) is 44.8 Å². The van der Waals surface area contributed by atoms with Crippen LogP contribution in [0.2, 0.25) is 5.02 Å². The average molecular weight is 422 g/mol. The van der Waals surface area contributed by atoms with E-state index in [1.165, 1.54) is 29.5 Å². The first-order valence-electron chi connectivity index (χ1n) is 10.6. The number of carbonyl (C=O) groups excluding carboxylic acids is 2. The van der Waals surface area contributed by atoms with E-state index >= 15 is 0 Å². The summed E-state index contributed by atoms with van der Waals surface area (Å²) in [5, 5.41) is 1.80. The van der Waals surface area contributed by atoms with E-state index in [4.69, 9.17) is 11.6 Å². The van der Waals surface area contributed by atoms with Gasteiger partial charge >= 0.3 is 0 Å². The number of benzene rings is 2. The molecule has 2 amide bonds. The largest absolute Gasteiger partial charge is 0.358 e. The summed E-state index contributed by atoms with van der Waals surface area (Å²) in [6.07, 6.45) is 4.61. The molecule has 0 atom stereocenters. The number of hydrogen-bond donors (Lipinski definition) is 1. The number of nitrogens with one attached hydrogen (secondary N) is 1. The standard InChI is InChI=1S/C24H24ClN3O2/c25-18-8-5-16(6-9-18)23(29)27-11-13-28(14-12-27)24(30)17-7-10-22-20(15-17)19-3-1-2-4-21(19)26-22/h5-10,15,26H,1-4,11-14H2. The minimum absolute atomic E-state index is 0.0147. The molecule has 30 heavy (non-hydrogen) atoms. The Morgan fingerprint density at radius 1 is 0.800 bits per heavy atom. The van der Waals surface area contributed by atoms with Crippen molar-refractivity contribution < 1.29 is 9.59 Å². The molecule has 5 nitrogen and oxygen atoms in total. The number of aromatic amines is 1. The van der Waals surface area contributed by atoms with Gasteiger partial charge in [-0.25, -0.2) is 0 Å². The number of aryl methyl sites for hydroxylation is 2. The normalized spacial score (nSPS) is 16.6. The SMILES string of the molecule is O=C(c1ccc(Cl)cc1)N1CCN(C(=O)c2ccc3[nH]c4c(c3c2)CCCC4)CC1. The first-order chi connectivity index (χ1) is 14.6. The van der Waals surface area contributed by atoms with E-state index in [-0.39, 0.29) is 11.8 Å². The number of fused-ring (bicyclic) bond motifs is 3. The summed E-state index contributed by atoms with van der Waals surface area (Å²) in [4.78, 5) is 33.0. The Morgan fingerprint density at radius 3 is 2.10 bits per heavy atom. The van der Waals surface area contributed by atoms with E-state index in [1.807, 2.05) is 23.1 Å². The van der Waals surface area contributed by atoms with Gasteiger partial charge in [0.2, 0.25) is 0 Å². The van der Waals surface area contributed by atoms with Crippen LogP contribution in [0.25, 0.3) is 10.9 Å². The number of rotatable bonds is 2. The molecule has 2 aromatic carbocycles. The highest BCUT2D eigenvalue weighted by Gasteiger charge is 2.26. The Morgan fingerprint density at radius 2 is 1.40 bits per heavy atom. The van der Waals surface area contributed by atoms with Gasteiger partial charge in [0.15, 0.2) is 0 Å². The van der Waals surface area contributed by atoms with Gasteiger partial charge in [0.1, 0.15) is 0 Å². The van der Waals surface area contributed by atoms with Crippen LogP contribution in [0.4, 0.5) is 0 Å². The number of amides is 2. The minimum atomic E-state index is -0.0147. The summed E-state index contributed by atoms with van der Waals surface area (Å²) >= 11 is 5.91. The molecule has 1 N–H and O–H groups in total. The third-order valence-corrected chi connectivity index (χ3v) is 6.54. The Hall–Kier alpha value is -2.79. The highest BCUT2D eigenvalue weighted by molar-refractivity contribution is 6.30. The third-order valence-electron chi connectivity index (χ3n) is 6.29. The molecule has 1 aromatic heterocycles. The fourth-order valence-corrected chi connectivity index (χ4v) is 4.74. The van der Waals surface area contributed by atoms with Crippen LogP contribution >= 0.6 is 11.6 Å². The van der Waals surface area contributed by atoms with Gasteiger partial charge in [0.25, 0.3) is 11.8 Å². The van der Waals surface area contributed by atoms with E-state index in [0.717, 1.165) is 23.9 Å². The van der Waals surface area contributed by atoms with Crippen molar-refractivity contribution in [2.75, 3.05) is 26.2 Å². The molecule has 1 aliphatic carbocycles. The van der Waals surface area contributed by atoms with E-state index < -0.39 is 0 Å². The molecule has 1 saturated heterocycles. The number of hydrogen-bond acceptors (Lipinski definition) is 2. The number of nitrogens with zero attached hydrogens (tertiary/aromatic N) is 2. The lowest BCUT2D eigenvalue weighted by atomic mass is 9.95. The van der Waals surface area contributed by atoms with Crippen molar-refractivity contribution >= 4 is 34.3 Å². The molecular formula is C24H24ClN3O2. The van der Waals surface area contributed by atoms with Crippen LogP contribution in [-0.2, 0) is 12.8 Å². The molecule has 0 radical (unpaired) electrons. The Kier molecular flexibility index (Phi) is 4.99. The van der Waals surface area contributed by atoms with Crippen LogP contribution in [-0.4, -0.2) is 52.8 Å². The Labute approximate surface area is 180 Å². The number of H-pyrrole nitrogens is 1. The van der Waals surface area contributed by atoms with Gasteiger partial charge in [-0.05, 0) is 73.7 Å². The second-order valence-corrected chi connectivity index (χ2v) is 8.58. The van der Waals surface area contributed by atoms with Crippen molar-refractivity contribution in [3.05, 3.63) is 69.9 Å². The minimum Gasteiger partial charge on any atom is -0.358 e. The van der Waals surface area contributed by atoms with Crippen molar-refractivity contribution in [1.82, 2.24) is 14.8 Å². The van der Waals surface area contributed by atoms with E-state index in [9.17, 15) is 9.59 Å². The third kappa shape index (κ3) is 3.47. The van der Waals surface area contributed by atoms with Crippen LogP contribution in [0.5, 0.6) is 0 Å². The van der Waals surface area contributed by atoms with Crippen molar-refractivity contribution in [1.29, 1.82) is 0 Å². The first kappa shape index (κ1) is 19.2. The zero-order valence-electron chi connectivity index (χ0n) is 16.8. The summed E-state index contributed by atoms with van der Waals surface area (Å²) < 4.78 is 0. The summed E-state index contributed by atoms with van der Waals surface area (Å²) in [6.45, 7) is 2.16. The van der Waals surface area contributed by atoms with E-state index in [0.29, 0.717) is 36.8 Å². The molecule has 6 heteroatoms. The topological polar surface area (TPSA) is 56.4 Å². The number of aromatic nitrogens is 1. The Bertz CT molecular complexity index is 1110. The molecule has 2 aliphatic rings. The number of piperazine rings is 1. The van der Waals surface area contributed by atoms with Crippen LogP contribution in [0, 0.1) is 0 Å². The van der Waals surface area contributed by atoms with Crippen molar-refractivity contribution in [3.63, 3.8) is 0 Å². The maximum absolute atomic E-state index is 13.1. The maximum atomic E-state index is 13.1. The maximum Gasteiger partial charge on any atom is 0.253 e. The highest BCUT2D eigenvalue weighted by atomic mass is 35.5. The molecule has 0 spiro atoms. The quantitative estimate of drug-likeness (QED) is 0.670. The lowest BCUT2D eigenvalue weighted by Crippen LogP contribution is -2.50. The lowest BCUT2D eigenvalue weighted by Gasteiger charge is -2.35. The zero-order valence-corrected chi connectivity index (χ0v) is 17.5. The van der Waals surface area contributed by atoms with Gasteiger partial charge < -0.3 is 14.8 Å². The van der Waals surface area contributed by atoms with E-state index in [2.05, 4.69) is 4.98 Å². The molecule has 3 aromatic rings. The van der Waals surface area contributed by atoms with Crippen LogP contribution in [0.3, 0.4) is 0 Å².